The zero-order valence-corrected chi connectivity index (χ0v) is 18.4. The third kappa shape index (κ3) is 3.50. The Morgan fingerprint density at radius 3 is 2.66 bits per heavy atom. The van der Waals surface area contributed by atoms with Gasteiger partial charge in [0.2, 0.25) is 5.91 Å². The summed E-state index contributed by atoms with van der Waals surface area (Å²) in [4.78, 5) is 42.5. The number of benzene rings is 1. The van der Waals surface area contributed by atoms with Crippen LogP contribution in [-0.4, -0.2) is 70.3 Å². The zero-order chi connectivity index (χ0) is 23.0. The van der Waals surface area contributed by atoms with Crippen LogP contribution in [0, 0.1) is 11.8 Å². The molecule has 0 saturated carbocycles. The van der Waals surface area contributed by atoms with Crippen LogP contribution in [0.3, 0.4) is 0 Å². The molecule has 3 saturated heterocycles. The molecule has 3 aliphatic rings. The van der Waals surface area contributed by atoms with E-state index in [1.54, 1.807) is 30.3 Å². The molecule has 3 aliphatic heterocycles. The van der Waals surface area contributed by atoms with Crippen LogP contribution in [0.4, 0.5) is 5.69 Å². The number of nitrogens with zero attached hydrogens (tertiary/aromatic N) is 2. The summed E-state index contributed by atoms with van der Waals surface area (Å²) in [5, 5.41) is 19.5. The van der Waals surface area contributed by atoms with Crippen molar-refractivity contribution in [2.24, 2.45) is 11.8 Å². The number of halogens is 1. The highest BCUT2D eigenvalue weighted by atomic mass is 35.5. The molecule has 2 amide bonds. The van der Waals surface area contributed by atoms with Gasteiger partial charge in [0.15, 0.2) is 0 Å². The van der Waals surface area contributed by atoms with Gasteiger partial charge in [-0.25, -0.2) is 0 Å². The number of fused-ring (bicyclic) bond motifs is 1. The second-order valence-electron chi connectivity index (χ2n) is 8.57. The molecule has 4 rings (SSSR count). The van der Waals surface area contributed by atoms with Gasteiger partial charge >= 0.3 is 5.97 Å². The minimum atomic E-state index is -1.16. The van der Waals surface area contributed by atoms with E-state index < -0.39 is 35.6 Å². The van der Waals surface area contributed by atoms with E-state index in [0.29, 0.717) is 36.4 Å². The fourth-order valence-corrected chi connectivity index (χ4v) is 5.69. The zero-order valence-electron chi connectivity index (χ0n) is 17.7. The number of unbranched alkanes of at least 4 members (excludes halogenated alkanes) is 1. The maximum Gasteiger partial charge on any atom is 0.310 e. The van der Waals surface area contributed by atoms with Gasteiger partial charge in [-0.2, -0.15) is 0 Å². The van der Waals surface area contributed by atoms with E-state index in [1.165, 1.54) is 9.80 Å². The van der Waals surface area contributed by atoms with Crippen LogP contribution in [0.5, 0.6) is 0 Å². The third-order valence-electron chi connectivity index (χ3n) is 6.84. The predicted molar refractivity (Wildman–Crippen MR) is 117 cm³/mol. The van der Waals surface area contributed by atoms with Gasteiger partial charge < -0.3 is 24.7 Å². The SMILES string of the molecule is C=CCN(C(=O)C1N(CCCCO)C(=O)[C@@H]2[C@@H](C(=O)O)[C@H]3CCC12O3)c1ccc(Cl)cc1. The van der Waals surface area contributed by atoms with Gasteiger partial charge in [-0.1, -0.05) is 17.7 Å². The number of ether oxygens (including phenoxy) is 1. The Kier molecular flexibility index (Phi) is 6.29. The highest BCUT2D eigenvalue weighted by molar-refractivity contribution is 6.30. The number of carboxylic acids is 1. The summed E-state index contributed by atoms with van der Waals surface area (Å²) in [5.41, 5.74) is -0.559. The Balaban J connectivity index is 1.74. The highest BCUT2D eigenvalue weighted by Crippen LogP contribution is 2.58. The molecule has 5 atom stereocenters. The number of carbonyl (C=O) groups is 3. The van der Waals surface area contributed by atoms with Crippen molar-refractivity contribution in [3.05, 3.63) is 41.9 Å². The van der Waals surface area contributed by atoms with E-state index in [-0.39, 0.29) is 31.5 Å². The average molecular weight is 463 g/mol. The number of aliphatic hydroxyl groups excluding tert-OH is 1. The molecule has 8 nitrogen and oxygen atoms in total. The number of aliphatic carboxylic acids is 1. The number of hydrogen-bond acceptors (Lipinski definition) is 5. The normalized spacial score (nSPS) is 30.4. The van der Waals surface area contributed by atoms with E-state index in [9.17, 15) is 24.6 Å². The van der Waals surface area contributed by atoms with E-state index in [0.717, 1.165) is 0 Å². The lowest BCUT2D eigenvalue weighted by Crippen LogP contribution is -2.56. The van der Waals surface area contributed by atoms with Crippen LogP contribution >= 0.6 is 11.6 Å². The van der Waals surface area contributed by atoms with E-state index in [4.69, 9.17) is 16.3 Å². The molecule has 1 aromatic carbocycles. The Bertz CT molecular complexity index is 922. The van der Waals surface area contributed by atoms with Crippen LogP contribution in [-0.2, 0) is 19.1 Å². The molecule has 2 unspecified atom stereocenters. The fraction of sp³-hybridized carbons (Fsp3) is 0.522. The summed E-state index contributed by atoms with van der Waals surface area (Å²) in [6.07, 6.45) is 2.95. The molecule has 0 aromatic heterocycles. The second-order valence-corrected chi connectivity index (χ2v) is 9.01. The number of aliphatic hydroxyl groups is 1. The lowest BCUT2D eigenvalue weighted by molar-refractivity contribution is -0.149. The van der Waals surface area contributed by atoms with Crippen molar-refractivity contribution >= 4 is 35.1 Å². The molecular formula is C23H27ClN2O6. The van der Waals surface area contributed by atoms with Crippen molar-refractivity contribution in [1.29, 1.82) is 0 Å². The van der Waals surface area contributed by atoms with E-state index in [2.05, 4.69) is 6.58 Å². The standard InChI is InChI=1S/C23H27ClN2O6/c1-2-11-25(15-7-5-14(24)6-8-15)21(29)19-23-10-9-16(32-23)17(22(30)31)18(23)20(28)26(19)12-3-4-13-27/h2,5-8,16-19,27H,1,3-4,9-13H2,(H,30,31)/t16-,17+,18+,19?,23?/m1/s1. The van der Waals surface area contributed by atoms with E-state index in [1.807, 2.05) is 0 Å². The highest BCUT2D eigenvalue weighted by Gasteiger charge is 2.74. The summed E-state index contributed by atoms with van der Waals surface area (Å²) >= 11 is 6.01. The minimum absolute atomic E-state index is 0.0289. The van der Waals surface area contributed by atoms with Crippen molar-refractivity contribution in [3.63, 3.8) is 0 Å². The van der Waals surface area contributed by atoms with Gasteiger partial charge in [-0.15, -0.1) is 6.58 Å². The monoisotopic (exact) mass is 462 g/mol. The van der Waals surface area contributed by atoms with Crippen molar-refractivity contribution in [2.45, 2.75) is 43.4 Å². The van der Waals surface area contributed by atoms with Crippen LogP contribution in [0.2, 0.25) is 5.02 Å². The topological polar surface area (TPSA) is 107 Å². The third-order valence-corrected chi connectivity index (χ3v) is 7.09. The van der Waals surface area contributed by atoms with Gasteiger partial charge in [0.05, 0.1) is 17.9 Å². The number of likely N-dealkylation sites (tertiary alicyclic amines) is 1. The summed E-state index contributed by atoms with van der Waals surface area (Å²) < 4.78 is 6.19. The van der Waals surface area contributed by atoms with Gasteiger partial charge in [0, 0.05) is 30.4 Å². The summed E-state index contributed by atoms with van der Waals surface area (Å²) in [6, 6.07) is 5.86. The first-order chi connectivity index (χ1) is 15.4. The Labute approximate surface area is 191 Å². The molecule has 1 spiro atoms. The van der Waals surface area contributed by atoms with Crippen molar-refractivity contribution in [1.82, 2.24) is 4.90 Å². The van der Waals surface area contributed by atoms with Crippen molar-refractivity contribution in [3.8, 4) is 0 Å². The summed E-state index contributed by atoms with van der Waals surface area (Å²) in [5.74, 6) is -3.61. The molecule has 0 radical (unpaired) electrons. The Morgan fingerprint density at radius 1 is 1.31 bits per heavy atom. The average Bonchev–Trinajstić information content (AvgIpc) is 3.40. The van der Waals surface area contributed by atoms with Gasteiger partial charge in [0.1, 0.15) is 11.6 Å². The van der Waals surface area contributed by atoms with Crippen LogP contribution in [0.15, 0.2) is 36.9 Å². The largest absolute Gasteiger partial charge is 0.481 e. The minimum Gasteiger partial charge on any atom is -0.481 e. The molecule has 3 fully saturated rings. The molecule has 0 aliphatic carbocycles. The number of carbonyl (C=O) groups excluding carboxylic acids is 2. The van der Waals surface area contributed by atoms with E-state index >= 15 is 0 Å². The van der Waals surface area contributed by atoms with Crippen molar-refractivity contribution in [2.75, 3.05) is 24.6 Å². The maximum atomic E-state index is 14.0. The molecule has 32 heavy (non-hydrogen) atoms. The molecule has 2 bridgehead atoms. The molecule has 3 heterocycles. The number of carboxylic acid groups (broad SMARTS) is 1. The van der Waals surface area contributed by atoms with Gasteiger partial charge in [0.25, 0.3) is 5.91 Å². The lowest BCUT2D eigenvalue weighted by atomic mass is 9.70. The molecule has 172 valence electrons. The van der Waals surface area contributed by atoms with Gasteiger partial charge in [-0.3, -0.25) is 14.4 Å². The maximum absolute atomic E-state index is 14.0. The first kappa shape index (κ1) is 22.8. The first-order valence-electron chi connectivity index (χ1n) is 10.9. The lowest BCUT2D eigenvalue weighted by Gasteiger charge is -2.36. The van der Waals surface area contributed by atoms with Gasteiger partial charge in [-0.05, 0) is 49.9 Å². The molecule has 2 N–H and O–H groups in total. The van der Waals surface area contributed by atoms with Crippen LogP contribution < -0.4 is 4.90 Å². The molecule has 1 aromatic rings. The number of amides is 2. The quantitative estimate of drug-likeness (QED) is 0.430. The smallest absolute Gasteiger partial charge is 0.310 e. The number of anilines is 1. The summed E-state index contributed by atoms with van der Waals surface area (Å²) in [7, 11) is 0. The number of rotatable bonds is 9. The fourth-order valence-electron chi connectivity index (χ4n) is 5.57. The molecule has 9 heteroatoms. The Hall–Kier alpha value is -2.42. The second kappa shape index (κ2) is 8.84. The van der Waals surface area contributed by atoms with Crippen LogP contribution in [0.25, 0.3) is 0 Å². The number of hydrogen-bond donors (Lipinski definition) is 2. The Morgan fingerprint density at radius 2 is 2.03 bits per heavy atom. The van der Waals surface area contributed by atoms with Crippen LogP contribution in [0.1, 0.15) is 25.7 Å². The summed E-state index contributed by atoms with van der Waals surface area (Å²) in [6.45, 7) is 4.19. The molecular weight excluding hydrogens is 436 g/mol. The first-order valence-corrected chi connectivity index (χ1v) is 11.2. The van der Waals surface area contributed by atoms with Crippen molar-refractivity contribution < 1.29 is 29.3 Å². The predicted octanol–water partition coefficient (Wildman–Crippen LogP) is 2.09.